The summed E-state index contributed by atoms with van der Waals surface area (Å²) in [5, 5.41) is 2.70. The Bertz CT molecular complexity index is 597. The van der Waals surface area contributed by atoms with Gasteiger partial charge in [-0.2, -0.15) is 11.8 Å². The molecule has 1 aromatic rings. The van der Waals surface area contributed by atoms with E-state index < -0.39 is 18.0 Å². The largest absolute Gasteiger partial charge is 0.368 e. The molecular weight excluding hydrogens is 346 g/mol. The molecule has 0 bridgehead atoms. The maximum absolute atomic E-state index is 12.6. The van der Waals surface area contributed by atoms with E-state index in [4.69, 9.17) is 5.73 Å². The third kappa shape index (κ3) is 4.67. The summed E-state index contributed by atoms with van der Waals surface area (Å²) in [6.45, 7) is 0. The predicted octanol–water partition coefficient (Wildman–Crippen LogP) is 0.925. The average molecular weight is 367 g/mol. The first-order chi connectivity index (χ1) is 11.5. The molecule has 0 radical (unpaired) electrons. The van der Waals surface area contributed by atoms with Crippen LogP contribution in [-0.2, 0) is 9.59 Å². The minimum Gasteiger partial charge on any atom is -0.368 e. The monoisotopic (exact) mass is 367 g/mol. The van der Waals surface area contributed by atoms with E-state index in [-0.39, 0.29) is 11.8 Å². The molecule has 0 saturated carbocycles. The second kappa shape index (κ2) is 8.98. The fourth-order valence-corrected chi connectivity index (χ4v) is 4.02. The first-order valence-electron chi connectivity index (χ1n) is 7.57. The van der Waals surface area contributed by atoms with Crippen molar-refractivity contribution in [3.63, 3.8) is 0 Å². The van der Waals surface area contributed by atoms with E-state index in [1.165, 1.54) is 11.8 Å². The average Bonchev–Trinajstić information content (AvgIpc) is 3.08. The van der Waals surface area contributed by atoms with Crippen molar-refractivity contribution in [1.82, 2.24) is 10.2 Å². The van der Waals surface area contributed by atoms with E-state index in [2.05, 4.69) is 5.32 Å². The Kier molecular flexibility index (Phi) is 6.99. The van der Waals surface area contributed by atoms with E-state index in [1.807, 2.05) is 12.3 Å². The lowest BCUT2D eigenvalue weighted by atomic mass is 10.1. The Labute approximate surface area is 149 Å². The van der Waals surface area contributed by atoms with Gasteiger partial charge >= 0.3 is 0 Å². The maximum Gasteiger partial charge on any atom is 0.255 e. The number of primary amides is 1. The van der Waals surface area contributed by atoms with Crippen LogP contribution in [0.4, 0.5) is 0 Å². The quantitative estimate of drug-likeness (QED) is 0.748. The number of rotatable bonds is 7. The van der Waals surface area contributed by atoms with Gasteiger partial charge in [0.1, 0.15) is 12.1 Å². The topological polar surface area (TPSA) is 92.5 Å². The van der Waals surface area contributed by atoms with Crippen LogP contribution in [0, 0.1) is 0 Å². The Morgan fingerprint density at radius 3 is 2.71 bits per heavy atom. The highest BCUT2D eigenvalue weighted by Crippen LogP contribution is 2.23. The molecule has 3 N–H and O–H groups in total. The highest BCUT2D eigenvalue weighted by molar-refractivity contribution is 7.99. The lowest BCUT2D eigenvalue weighted by Gasteiger charge is -2.25. The Morgan fingerprint density at radius 2 is 2.08 bits per heavy atom. The van der Waals surface area contributed by atoms with Crippen molar-refractivity contribution in [3.8, 4) is 0 Å². The summed E-state index contributed by atoms with van der Waals surface area (Å²) in [6, 6.07) is 7.58. The number of thioether (sulfide) groups is 2. The molecule has 0 aliphatic carbocycles. The van der Waals surface area contributed by atoms with E-state index in [0.717, 1.165) is 5.75 Å². The van der Waals surface area contributed by atoms with Crippen LogP contribution in [0.2, 0.25) is 0 Å². The van der Waals surface area contributed by atoms with E-state index in [1.54, 1.807) is 40.9 Å². The molecule has 3 amide bonds. The summed E-state index contributed by atoms with van der Waals surface area (Å²) in [7, 11) is 0. The summed E-state index contributed by atoms with van der Waals surface area (Å²) >= 11 is 3.10. The zero-order valence-corrected chi connectivity index (χ0v) is 15.1. The molecule has 130 valence electrons. The van der Waals surface area contributed by atoms with E-state index in [9.17, 15) is 14.4 Å². The highest BCUT2D eigenvalue weighted by Gasteiger charge is 2.36. The summed E-state index contributed by atoms with van der Waals surface area (Å²) in [5.41, 5.74) is 5.91. The summed E-state index contributed by atoms with van der Waals surface area (Å²) in [6.07, 6.45) is 2.41. The molecule has 1 aromatic carbocycles. The van der Waals surface area contributed by atoms with Gasteiger partial charge in [-0.3, -0.25) is 14.4 Å². The predicted molar refractivity (Wildman–Crippen MR) is 97.8 cm³/mol. The van der Waals surface area contributed by atoms with Crippen molar-refractivity contribution in [2.45, 2.75) is 18.5 Å². The Morgan fingerprint density at radius 1 is 1.38 bits per heavy atom. The molecule has 0 spiro atoms. The van der Waals surface area contributed by atoms with Crippen LogP contribution in [-0.4, -0.2) is 58.3 Å². The molecule has 1 heterocycles. The van der Waals surface area contributed by atoms with E-state index in [0.29, 0.717) is 23.6 Å². The SMILES string of the molecule is CSCC[C@H](NC(=O)[C@H]1CSCN1C(=O)c1ccccc1)C(N)=O. The molecule has 6 nitrogen and oxygen atoms in total. The normalized spacial score (nSPS) is 18.2. The van der Waals surface area contributed by atoms with Gasteiger partial charge in [0, 0.05) is 11.3 Å². The fraction of sp³-hybridized carbons (Fsp3) is 0.438. The van der Waals surface area contributed by atoms with Crippen LogP contribution in [0.1, 0.15) is 16.8 Å². The Balaban J connectivity index is 2.04. The second-order valence-corrected chi connectivity index (χ2v) is 7.39. The summed E-state index contributed by atoms with van der Waals surface area (Å²) < 4.78 is 0. The third-order valence-electron chi connectivity index (χ3n) is 3.74. The minimum absolute atomic E-state index is 0.180. The van der Waals surface area contributed by atoms with Gasteiger partial charge in [-0.1, -0.05) is 18.2 Å². The van der Waals surface area contributed by atoms with Crippen LogP contribution in [0.3, 0.4) is 0 Å². The number of nitrogens with zero attached hydrogens (tertiary/aromatic N) is 1. The number of benzene rings is 1. The van der Waals surface area contributed by atoms with Crippen molar-refractivity contribution >= 4 is 41.2 Å². The van der Waals surface area contributed by atoms with Crippen LogP contribution in [0.25, 0.3) is 0 Å². The number of carbonyl (C=O) groups is 3. The number of nitrogens with one attached hydrogen (secondary N) is 1. The molecule has 2 rings (SSSR count). The molecule has 0 aromatic heterocycles. The van der Waals surface area contributed by atoms with Gasteiger partial charge in [0.25, 0.3) is 5.91 Å². The lowest BCUT2D eigenvalue weighted by Crippen LogP contribution is -2.53. The van der Waals surface area contributed by atoms with Crippen LogP contribution in [0.5, 0.6) is 0 Å². The zero-order chi connectivity index (χ0) is 17.5. The molecule has 2 atom stereocenters. The van der Waals surface area contributed by atoms with Gasteiger partial charge in [-0.25, -0.2) is 0 Å². The molecule has 1 fully saturated rings. The lowest BCUT2D eigenvalue weighted by molar-refractivity contribution is -0.129. The third-order valence-corrected chi connectivity index (χ3v) is 5.39. The zero-order valence-electron chi connectivity index (χ0n) is 13.4. The van der Waals surface area contributed by atoms with Crippen molar-refractivity contribution in [2.75, 3.05) is 23.6 Å². The van der Waals surface area contributed by atoms with Crippen LogP contribution in [0.15, 0.2) is 30.3 Å². The molecule has 1 aliphatic rings. The van der Waals surface area contributed by atoms with Gasteiger partial charge in [-0.15, -0.1) is 11.8 Å². The fourth-order valence-electron chi connectivity index (χ4n) is 2.40. The molecule has 1 aliphatic heterocycles. The number of nitrogens with two attached hydrogens (primary N) is 1. The van der Waals surface area contributed by atoms with Gasteiger partial charge < -0.3 is 16.0 Å². The summed E-state index contributed by atoms with van der Waals surface area (Å²) in [5.74, 6) is 0.634. The van der Waals surface area contributed by atoms with Gasteiger partial charge in [0.2, 0.25) is 11.8 Å². The Hall–Kier alpha value is -1.67. The van der Waals surface area contributed by atoms with Crippen LogP contribution < -0.4 is 11.1 Å². The van der Waals surface area contributed by atoms with Gasteiger partial charge in [0.05, 0.1) is 5.88 Å². The molecular formula is C16H21N3O3S2. The standard InChI is InChI=1S/C16H21N3O3S2/c1-23-8-7-12(14(17)20)18-15(21)13-9-24-10-19(13)16(22)11-5-3-2-4-6-11/h2-6,12-13H,7-10H2,1H3,(H2,17,20)(H,18,21)/t12-,13+/m0/s1. The molecule has 1 saturated heterocycles. The van der Waals surface area contributed by atoms with Gasteiger partial charge in [-0.05, 0) is 30.6 Å². The number of hydrogen-bond acceptors (Lipinski definition) is 5. The molecule has 24 heavy (non-hydrogen) atoms. The maximum atomic E-state index is 12.6. The van der Waals surface area contributed by atoms with Crippen molar-refractivity contribution in [2.24, 2.45) is 5.73 Å². The van der Waals surface area contributed by atoms with Crippen molar-refractivity contribution in [3.05, 3.63) is 35.9 Å². The number of carbonyl (C=O) groups excluding carboxylic acids is 3. The van der Waals surface area contributed by atoms with Crippen LogP contribution >= 0.6 is 23.5 Å². The minimum atomic E-state index is -0.704. The van der Waals surface area contributed by atoms with E-state index >= 15 is 0 Å². The van der Waals surface area contributed by atoms with Crippen molar-refractivity contribution in [1.29, 1.82) is 0 Å². The van der Waals surface area contributed by atoms with Crippen molar-refractivity contribution < 1.29 is 14.4 Å². The highest BCUT2D eigenvalue weighted by atomic mass is 32.2. The number of amides is 3. The van der Waals surface area contributed by atoms with Gasteiger partial charge in [0.15, 0.2) is 0 Å². The second-order valence-electron chi connectivity index (χ2n) is 5.40. The molecule has 0 unspecified atom stereocenters. The first-order valence-corrected chi connectivity index (χ1v) is 10.1. The smallest absolute Gasteiger partial charge is 0.255 e. The first kappa shape index (κ1) is 18.7. The summed E-state index contributed by atoms with van der Waals surface area (Å²) in [4.78, 5) is 38.2. The molecule has 8 heteroatoms. The number of hydrogen-bond donors (Lipinski definition) is 2.